The summed E-state index contributed by atoms with van der Waals surface area (Å²) in [6.07, 6.45) is 3.00. The molecule has 0 aromatic rings. The Labute approximate surface area is 92.2 Å². The predicted molar refractivity (Wildman–Crippen MR) is 58.7 cm³/mol. The van der Waals surface area contributed by atoms with E-state index in [4.69, 9.17) is 14.6 Å². The Bertz CT molecular complexity index is 143. The number of rotatable bonds is 7. The van der Waals surface area contributed by atoms with Gasteiger partial charge in [-0.25, -0.2) is 0 Å². The highest BCUT2D eigenvalue weighted by atomic mass is 16.7. The number of ether oxygens (including phenoxy) is 2. The molecular weight excluding hydrogens is 194 g/mol. The van der Waals surface area contributed by atoms with Gasteiger partial charge in [-0.3, -0.25) is 0 Å². The van der Waals surface area contributed by atoms with E-state index in [1.807, 2.05) is 0 Å². The first-order valence-electron chi connectivity index (χ1n) is 5.93. The third-order valence-electron chi connectivity index (χ3n) is 2.53. The summed E-state index contributed by atoms with van der Waals surface area (Å²) in [6, 6.07) is 0. The molecule has 1 saturated heterocycles. The second kappa shape index (κ2) is 8.05. The summed E-state index contributed by atoms with van der Waals surface area (Å²) in [5, 5.41) is 8.90. The molecule has 15 heavy (non-hydrogen) atoms. The van der Waals surface area contributed by atoms with E-state index in [0.717, 1.165) is 52.1 Å². The summed E-state index contributed by atoms with van der Waals surface area (Å²) in [5.41, 5.74) is 0. The van der Waals surface area contributed by atoms with E-state index in [-0.39, 0.29) is 12.9 Å². The topological polar surface area (TPSA) is 41.9 Å². The zero-order valence-electron chi connectivity index (χ0n) is 9.65. The Hall–Kier alpha value is -0.160. The highest BCUT2D eigenvalue weighted by Crippen LogP contribution is 2.09. The van der Waals surface area contributed by atoms with Gasteiger partial charge < -0.3 is 19.5 Å². The van der Waals surface area contributed by atoms with Gasteiger partial charge in [-0.15, -0.1) is 0 Å². The van der Waals surface area contributed by atoms with Crippen LogP contribution in [0.1, 0.15) is 26.2 Å². The van der Waals surface area contributed by atoms with Gasteiger partial charge in [0.15, 0.2) is 6.29 Å². The lowest BCUT2D eigenvalue weighted by atomic mass is 10.3. The molecule has 1 rings (SSSR count). The number of aliphatic hydroxyl groups is 1. The summed E-state index contributed by atoms with van der Waals surface area (Å²) in [6.45, 7) is 6.74. The minimum atomic E-state index is -0.0307. The molecule has 1 fully saturated rings. The van der Waals surface area contributed by atoms with Crippen molar-refractivity contribution in [3.8, 4) is 0 Å². The molecule has 1 N–H and O–H groups in total. The minimum Gasteiger partial charge on any atom is -0.395 e. The Kier molecular flexibility index (Phi) is 6.92. The van der Waals surface area contributed by atoms with Gasteiger partial charge >= 0.3 is 0 Å². The van der Waals surface area contributed by atoms with E-state index in [2.05, 4.69) is 11.8 Å². The van der Waals surface area contributed by atoms with E-state index in [0.29, 0.717) is 0 Å². The molecular formula is C11H23NO3. The molecule has 0 bridgehead atoms. The molecule has 1 heterocycles. The molecule has 90 valence electrons. The maximum absolute atomic E-state index is 8.90. The Balaban J connectivity index is 2.13. The molecule has 0 radical (unpaired) electrons. The van der Waals surface area contributed by atoms with Crippen LogP contribution in [0.15, 0.2) is 0 Å². The number of hydrogen-bond donors (Lipinski definition) is 1. The van der Waals surface area contributed by atoms with Crippen molar-refractivity contribution in [2.24, 2.45) is 0 Å². The van der Waals surface area contributed by atoms with Gasteiger partial charge in [-0.05, 0) is 19.4 Å². The fourth-order valence-corrected chi connectivity index (χ4v) is 1.78. The molecule has 0 aromatic carbocycles. The van der Waals surface area contributed by atoms with Crippen LogP contribution in [0.3, 0.4) is 0 Å². The van der Waals surface area contributed by atoms with E-state index in [1.165, 1.54) is 0 Å². The normalized spacial score (nSPS) is 18.6. The quantitative estimate of drug-likeness (QED) is 0.686. The summed E-state index contributed by atoms with van der Waals surface area (Å²) in [4.78, 5) is 2.25. The summed E-state index contributed by atoms with van der Waals surface area (Å²) in [7, 11) is 0. The first-order chi connectivity index (χ1) is 7.36. The largest absolute Gasteiger partial charge is 0.395 e. The van der Waals surface area contributed by atoms with Gasteiger partial charge in [0.2, 0.25) is 0 Å². The minimum absolute atomic E-state index is 0.0307. The molecule has 0 aromatic heterocycles. The first-order valence-corrected chi connectivity index (χ1v) is 5.93. The van der Waals surface area contributed by atoms with E-state index in [1.54, 1.807) is 0 Å². The highest BCUT2D eigenvalue weighted by Gasteiger charge is 2.15. The first kappa shape index (κ1) is 12.9. The van der Waals surface area contributed by atoms with E-state index < -0.39 is 0 Å². The van der Waals surface area contributed by atoms with Gasteiger partial charge in [0.25, 0.3) is 0 Å². The van der Waals surface area contributed by atoms with Crippen LogP contribution in [-0.2, 0) is 9.47 Å². The predicted octanol–water partition coefficient (Wildman–Crippen LogP) is 0.844. The zero-order valence-corrected chi connectivity index (χ0v) is 9.65. The van der Waals surface area contributed by atoms with Crippen molar-refractivity contribution in [2.75, 3.05) is 39.5 Å². The van der Waals surface area contributed by atoms with Crippen molar-refractivity contribution in [2.45, 2.75) is 32.5 Å². The second-order valence-electron chi connectivity index (χ2n) is 3.88. The molecule has 1 aliphatic heterocycles. The molecule has 0 unspecified atom stereocenters. The van der Waals surface area contributed by atoms with Crippen molar-refractivity contribution < 1.29 is 14.6 Å². The monoisotopic (exact) mass is 217 g/mol. The highest BCUT2D eigenvalue weighted by molar-refractivity contribution is 4.60. The van der Waals surface area contributed by atoms with Crippen molar-refractivity contribution >= 4 is 0 Å². The molecule has 0 atom stereocenters. The Morgan fingerprint density at radius 1 is 1.20 bits per heavy atom. The summed E-state index contributed by atoms with van der Waals surface area (Å²) in [5.74, 6) is 0. The standard InChI is InChI=1S/C11H23NO3/c1-2-5-12(7-8-13)6-4-11-14-9-3-10-15-11/h11,13H,2-10H2,1H3. The van der Waals surface area contributed by atoms with Crippen LogP contribution in [0.2, 0.25) is 0 Å². The number of aliphatic hydroxyl groups excluding tert-OH is 1. The van der Waals surface area contributed by atoms with Crippen molar-refractivity contribution in [3.05, 3.63) is 0 Å². The van der Waals surface area contributed by atoms with Gasteiger partial charge in [0.05, 0.1) is 19.8 Å². The lowest BCUT2D eigenvalue weighted by Crippen LogP contribution is -2.33. The van der Waals surface area contributed by atoms with Gasteiger partial charge in [0, 0.05) is 19.5 Å². The second-order valence-corrected chi connectivity index (χ2v) is 3.88. The fourth-order valence-electron chi connectivity index (χ4n) is 1.78. The van der Waals surface area contributed by atoms with Gasteiger partial charge in [-0.1, -0.05) is 6.92 Å². The Morgan fingerprint density at radius 2 is 1.93 bits per heavy atom. The molecule has 0 saturated carbocycles. The SMILES string of the molecule is CCCN(CCO)CCC1OCCCO1. The molecule has 0 amide bonds. The van der Waals surface area contributed by atoms with Gasteiger partial charge in [-0.2, -0.15) is 0 Å². The molecule has 4 heteroatoms. The molecule has 0 aliphatic carbocycles. The molecule has 4 nitrogen and oxygen atoms in total. The van der Waals surface area contributed by atoms with Crippen LogP contribution in [0.5, 0.6) is 0 Å². The average molecular weight is 217 g/mol. The number of hydrogen-bond acceptors (Lipinski definition) is 4. The van der Waals surface area contributed by atoms with Crippen molar-refractivity contribution in [1.82, 2.24) is 4.90 Å². The van der Waals surface area contributed by atoms with Gasteiger partial charge in [0.1, 0.15) is 0 Å². The Morgan fingerprint density at radius 3 is 2.53 bits per heavy atom. The lowest BCUT2D eigenvalue weighted by Gasteiger charge is -2.26. The summed E-state index contributed by atoms with van der Waals surface area (Å²) < 4.78 is 10.9. The van der Waals surface area contributed by atoms with Crippen LogP contribution in [0.4, 0.5) is 0 Å². The molecule has 1 aliphatic rings. The lowest BCUT2D eigenvalue weighted by molar-refractivity contribution is -0.182. The molecule has 0 spiro atoms. The van der Waals surface area contributed by atoms with Crippen LogP contribution >= 0.6 is 0 Å². The third kappa shape index (κ3) is 5.47. The zero-order chi connectivity index (χ0) is 10.9. The van der Waals surface area contributed by atoms with Crippen molar-refractivity contribution in [1.29, 1.82) is 0 Å². The van der Waals surface area contributed by atoms with Crippen LogP contribution in [0.25, 0.3) is 0 Å². The number of nitrogens with zero attached hydrogens (tertiary/aromatic N) is 1. The maximum atomic E-state index is 8.90. The van der Waals surface area contributed by atoms with E-state index >= 15 is 0 Å². The van der Waals surface area contributed by atoms with Crippen molar-refractivity contribution in [3.63, 3.8) is 0 Å². The third-order valence-corrected chi connectivity index (χ3v) is 2.53. The van der Waals surface area contributed by atoms with Crippen LogP contribution in [0, 0.1) is 0 Å². The van der Waals surface area contributed by atoms with Crippen LogP contribution in [-0.4, -0.2) is 55.8 Å². The maximum Gasteiger partial charge on any atom is 0.158 e. The van der Waals surface area contributed by atoms with Crippen LogP contribution < -0.4 is 0 Å². The smallest absolute Gasteiger partial charge is 0.158 e. The van der Waals surface area contributed by atoms with E-state index in [9.17, 15) is 0 Å². The fraction of sp³-hybridized carbons (Fsp3) is 1.00. The average Bonchev–Trinajstić information content (AvgIpc) is 2.28. The summed E-state index contributed by atoms with van der Waals surface area (Å²) >= 11 is 0.